The van der Waals surface area contributed by atoms with Crippen molar-refractivity contribution in [1.82, 2.24) is 4.57 Å². The number of thiazole rings is 1. The molecule has 0 spiro atoms. The van der Waals surface area contributed by atoms with Crippen LogP contribution in [0.2, 0.25) is 0 Å². The van der Waals surface area contributed by atoms with Crippen molar-refractivity contribution in [2.45, 2.75) is 13.0 Å². The Labute approximate surface area is 230 Å². The molecule has 0 unspecified atom stereocenters. The number of phenols is 1. The predicted molar refractivity (Wildman–Crippen MR) is 150 cm³/mol. The fourth-order valence-corrected chi connectivity index (χ4v) is 5.72. The van der Waals surface area contributed by atoms with E-state index in [1.807, 2.05) is 42.5 Å². The van der Waals surface area contributed by atoms with Gasteiger partial charge in [0, 0.05) is 15.6 Å². The third-order valence-corrected chi connectivity index (χ3v) is 7.54. The molecule has 0 saturated heterocycles. The first-order valence-electron chi connectivity index (χ1n) is 11.8. The fraction of sp³-hybridized carbons (Fsp3) is 0.138. The number of phenolic OH excluding ortho intramolecular Hbond substituents is 1. The zero-order valence-corrected chi connectivity index (χ0v) is 23.0. The van der Waals surface area contributed by atoms with Crippen LogP contribution in [0.25, 0.3) is 11.8 Å². The minimum Gasteiger partial charge on any atom is -0.507 e. The van der Waals surface area contributed by atoms with Crippen LogP contribution in [-0.4, -0.2) is 29.4 Å². The highest BCUT2D eigenvalue weighted by Gasteiger charge is 2.35. The quantitative estimate of drug-likeness (QED) is 0.336. The third-order valence-electron chi connectivity index (χ3n) is 6.06. The number of esters is 1. The standard InChI is InChI=1S/C29H23BrN2O5S/c1-3-37-28(35)24-25(17-8-5-4-6-9-17)31-29-32(26(24)18-10-7-11-21(15-18)36-2)27(34)23(38-29)16-19-14-20(30)12-13-22(19)33/h4-16,26,33H,3H2,1-2H3/b23-16-/t26-/m1/s1. The number of hydrogen-bond acceptors (Lipinski definition) is 7. The molecule has 0 aliphatic carbocycles. The van der Waals surface area contributed by atoms with Crippen molar-refractivity contribution in [3.8, 4) is 11.5 Å². The molecule has 1 aliphatic rings. The highest BCUT2D eigenvalue weighted by Crippen LogP contribution is 2.36. The van der Waals surface area contributed by atoms with Gasteiger partial charge in [-0.15, -0.1) is 0 Å². The number of benzene rings is 3. The largest absolute Gasteiger partial charge is 0.507 e. The number of fused-ring (bicyclic) bond motifs is 1. The first-order valence-corrected chi connectivity index (χ1v) is 13.4. The highest BCUT2D eigenvalue weighted by molar-refractivity contribution is 9.10. The van der Waals surface area contributed by atoms with Crippen LogP contribution in [0.15, 0.2) is 92.6 Å². The lowest BCUT2D eigenvalue weighted by Gasteiger charge is -2.26. The van der Waals surface area contributed by atoms with Crippen LogP contribution in [0.5, 0.6) is 11.5 Å². The second-order valence-corrected chi connectivity index (χ2v) is 10.3. The van der Waals surface area contributed by atoms with E-state index in [9.17, 15) is 14.7 Å². The second kappa shape index (κ2) is 10.8. The van der Waals surface area contributed by atoms with Crippen molar-refractivity contribution in [2.75, 3.05) is 13.7 Å². The molecule has 3 aromatic carbocycles. The molecule has 38 heavy (non-hydrogen) atoms. The van der Waals surface area contributed by atoms with E-state index in [4.69, 9.17) is 14.5 Å². The van der Waals surface area contributed by atoms with Gasteiger partial charge in [-0.3, -0.25) is 9.36 Å². The lowest BCUT2D eigenvalue weighted by Crippen LogP contribution is -2.40. The summed E-state index contributed by atoms with van der Waals surface area (Å²) in [6, 6.07) is 20.8. The van der Waals surface area contributed by atoms with Crippen molar-refractivity contribution >= 4 is 45.0 Å². The van der Waals surface area contributed by atoms with Crippen LogP contribution in [0.4, 0.5) is 0 Å². The summed E-state index contributed by atoms with van der Waals surface area (Å²) in [5, 5.41) is 10.4. The maximum atomic E-state index is 13.9. The molecule has 1 aliphatic heterocycles. The van der Waals surface area contributed by atoms with Crippen LogP contribution in [0, 0.1) is 0 Å². The molecule has 2 heterocycles. The van der Waals surface area contributed by atoms with Gasteiger partial charge in [0.1, 0.15) is 11.5 Å². The lowest BCUT2D eigenvalue weighted by molar-refractivity contribution is -0.138. The van der Waals surface area contributed by atoms with Gasteiger partial charge in [-0.25, -0.2) is 9.79 Å². The van der Waals surface area contributed by atoms with E-state index in [1.54, 1.807) is 50.4 Å². The van der Waals surface area contributed by atoms with Gasteiger partial charge >= 0.3 is 5.97 Å². The number of hydrogen-bond donors (Lipinski definition) is 1. The summed E-state index contributed by atoms with van der Waals surface area (Å²) in [7, 11) is 1.56. The topological polar surface area (TPSA) is 90.1 Å². The molecular formula is C29H23BrN2O5S. The summed E-state index contributed by atoms with van der Waals surface area (Å²) < 4.78 is 13.6. The Morgan fingerprint density at radius 2 is 1.92 bits per heavy atom. The predicted octanol–water partition coefficient (Wildman–Crippen LogP) is 4.41. The van der Waals surface area contributed by atoms with Gasteiger partial charge in [0.15, 0.2) is 4.80 Å². The lowest BCUT2D eigenvalue weighted by atomic mass is 9.93. The highest BCUT2D eigenvalue weighted by atomic mass is 79.9. The van der Waals surface area contributed by atoms with Crippen molar-refractivity contribution in [3.63, 3.8) is 0 Å². The van der Waals surface area contributed by atoms with E-state index in [2.05, 4.69) is 15.9 Å². The SMILES string of the molecule is CCOC(=O)C1=C(c2ccccc2)N=c2s/c(=C\c3cc(Br)ccc3O)c(=O)n2[C@@H]1c1cccc(OC)c1. The summed E-state index contributed by atoms with van der Waals surface area (Å²) in [4.78, 5) is 32.6. The molecule has 1 aromatic heterocycles. The number of halogens is 1. The molecule has 0 bridgehead atoms. The van der Waals surface area contributed by atoms with Gasteiger partial charge in [-0.1, -0.05) is 69.7 Å². The van der Waals surface area contributed by atoms with E-state index in [1.165, 1.54) is 15.9 Å². The molecular weight excluding hydrogens is 568 g/mol. The first-order chi connectivity index (χ1) is 18.4. The summed E-state index contributed by atoms with van der Waals surface area (Å²) in [6.07, 6.45) is 1.63. The maximum Gasteiger partial charge on any atom is 0.338 e. The Hall–Kier alpha value is -3.95. The van der Waals surface area contributed by atoms with Crippen molar-refractivity contribution < 1.29 is 19.4 Å². The molecule has 0 fully saturated rings. The first kappa shape index (κ1) is 25.7. The molecule has 4 aromatic rings. The van der Waals surface area contributed by atoms with Crippen molar-refractivity contribution in [1.29, 1.82) is 0 Å². The number of carbonyl (C=O) groups is 1. The van der Waals surface area contributed by atoms with Gasteiger partial charge in [-0.05, 0) is 48.9 Å². The van der Waals surface area contributed by atoms with Crippen LogP contribution in [-0.2, 0) is 9.53 Å². The van der Waals surface area contributed by atoms with Gasteiger partial charge in [-0.2, -0.15) is 0 Å². The Morgan fingerprint density at radius 3 is 2.66 bits per heavy atom. The number of ether oxygens (including phenoxy) is 2. The van der Waals surface area contributed by atoms with Gasteiger partial charge in [0.05, 0.1) is 35.6 Å². The number of methoxy groups -OCH3 is 1. The van der Waals surface area contributed by atoms with E-state index >= 15 is 0 Å². The van der Waals surface area contributed by atoms with Crippen molar-refractivity contribution in [3.05, 3.63) is 119 Å². The molecule has 1 N–H and O–H groups in total. The number of rotatable bonds is 6. The smallest absolute Gasteiger partial charge is 0.338 e. The fourth-order valence-electron chi connectivity index (χ4n) is 4.35. The molecule has 0 radical (unpaired) electrons. The minimum absolute atomic E-state index is 0.0422. The summed E-state index contributed by atoms with van der Waals surface area (Å²) in [6.45, 7) is 1.91. The Kier molecular flexibility index (Phi) is 7.31. The van der Waals surface area contributed by atoms with Crippen LogP contribution >= 0.6 is 27.3 Å². The monoisotopic (exact) mass is 590 g/mol. The third kappa shape index (κ3) is 4.82. The van der Waals surface area contributed by atoms with Gasteiger partial charge in [0.2, 0.25) is 0 Å². The number of carbonyl (C=O) groups excluding carboxylic acids is 1. The Balaban J connectivity index is 1.85. The molecule has 1 atom stereocenters. The van der Waals surface area contributed by atoms with Crippen LogP contribution in [0.3, 0.4) is 0 Å². The maximum absolute atomic E-state index is 13.9. The average Bonchev–Trinajstić information content (AvgIpc) is 3.24. The van der Waals surface area contributed by atoms with Gasteiger partial charge < -0.3 is 14.6 Å². The van der Waals surface area contributed by atoms with E-state index in [0.717, 1.165) is 10.0 Å². The summed E-state index contributed by atoms with van der Waals surface area (Å²) >= 11 is 4.60. The van der Waals surface area contributed by atoms with E-state index in [0.29, 0.717) is 31.9 Å². The van der Waals surface area contributed by atoms with Crippen molar-refractivity contribution in [2.24, 2.45) is 4.99 Å². The molecule has 7 nitrogen and oxygen atoms in total. The van der Waals surface area contributed by atoms with Gasteiger partial charge in [0.25, 0.3) is 5.56 Å². The molecule has 0 saturated carbocycles. The normalized spacial score (nSPS) is 15.1. The van der Waals surface area contributed by atoms with E-state index < -0.39 is 12.0 Å². The average molecular weight is 591 g/mol. The van der Waals surface area contributed by atoms with E-state index in [-0.39, 0.29) is 23.5 Å². The number of aromatic hydroxyl groups is 1. The molecule has 0 amide bonds. The second-order valence-electron chi connectivity index (χ2n) is 8.41. The molecule has 9 heteroatoms. The Morgan fingerprint density at radius 1 is 1.13 bits per heavy atom. The minimum atomic E-state index is -0.811. The number of nitrogens with zero attached hydrogens (tertiary/aromatic N) is 2. The van der Waals surface area contributed by atoms with Crippen LogP contribution < -0.4 is 19.6 Å². The Bertz CT molecular complexity index is 1740. The zero-order valence-electron chi connectivity index (χ0n) is 20.6. The molecule has 5 rings (SSSR count). The number of aromatic nitrogens is 1. The molecule has 192 valence electrons. The summed E-state index contributed by atoms with van der Waals surface area (Å²) in [5.74, 6) is 0.0764. The summed E-state index contributed by atoms with van der Waals surface area (Å²) in [5.41, 5.74) is 2.25. The van der Waals surface area contributed by atoms with Crippen LogP contribution in [0.1, 0.15) is 29.7 Å². The zero-order chi connectivity index (χ0) is 26.8.